The first-order valence-electron chi connectivity index (χ1n) is 4.68. The van der Waals surface area contributed by atoms with E-state index < -0.39 is 0 Å². The van der Waals surface area contributed by atoms with Crippen LogP contribution in [0.25, 0.3) is 0 Å². The normalized spacial score (nSPS) is 10.4. The lowest BCUT2D eigenvalue weighted by atomic mass is 10.1. The Balaban J connectivity index is 2.21. The Labute approximate surface area is 111 Å². The molecule has 0 aliphatic heterocycles. The molecule has 0 radical (unpaired) electrons. The van der Waals surface area contributed by atoms with Crippen LogP contribution in [-0.4, -0.2) is 5.78 Å². The van der Waals surface area contributed by atoms with Crippen LogP contribution >= 0.6 is 38.9 Å². The van der Waals surface area contributed by atoms with Crippen molar-refractivity contribution in [3.05, 3.63) is 55.6 Å². The molecule has 0 amide bonds. The first-order valence-corrected chi connectivity index (χ1v) is 6.73. The number of thiophene rings is 1. The van der Waals surface area contributed by atoms with Crippen molar-refractivity contribution in [2.24, 2.45) is 0 Å². The van der Waals surface area contributed by atoms with Crippen LogP contribution in [0.4, 0.5) is 0 Å². The van der Waals surface area contributed by atoms with Gasteiger partial charge in [0.15, 0.2) is 5.78 Å². The minimum atomic E-state index is 0.0926. The zero-order valence-corrected chi connectivity index (χ0v) is 11.4. The van der Waals surface area contributed by atoms with E-state index in [2.05, 4.69) is 15.9 Å². The van der Waals surface area contributed by atoms with Crippen LogP contribution in [0.5, 0.6) is 0 Å². The molecule has 16 heavy (non-hydrogen) atoms. The molecule has 1 aromatic carbocycles. The van der Waals surface area contributed by atoms with E-state index >= 15 is 0 Å². The Morgan fingerprint density at radius 2 is 2.06 bits per heavy atom. The average Bonchev–Trinajstić information content (AvgIpc) is 2.68. The van der Waals surface area contributed by atoms with Crippen LogP contribution in [0.1, 0.15) is 15.2 Å². The number of hydrogen-bond donors (Lipinski definition) is 0. The molecule has 0 aliphatic rings. The lowest BCUT2D eigenvalue weighted by Gasteiger charge is -2.02. The fraction of sp³-hybridized carbons (Fsp3) is 0.0833. The van der Waals surface area contributed by atoms with Crippen molar-refractivity contribution in [2.75, 3.05) is 0 Å². The molecule has 1 heterocycles. The number of Topliss-reactive ketones (excluding diaryl/α,β-unsaturated/α-hetero) is 1. The van der Waals surface area contributed by atoms with Crippen molar-refractivity contribution in [3.8, 4) is 0 Å². The van der Waals surface area contributed by atoms with Gasteiger partial charge in [-0.25, -0.2) is 0 Å². The zero-order chi connectivity index (χ0) is 11.5. The minimum absolute atomic E-state index is 0.0926. The molecule has 2 aromatic rings. The summed E-state index contributed by atoms with van der Waals surface area (Å²) >= 11 is 10.8. The molecule has 0 fully saturated rings. The van der Waals surface area contributed by atoms with Gasteiger partial charge in [-0.1, -0.05) is 29.8 Å². The quantitative estimate of drug-likeness (QED) is 0.757. The molecule has 0 aliphatic carbocycles. The summed E-state index contributed by atoms with van der Waals surface area (Å²) in [5, 5.41) is 2.53. The fourth-order valence-electron chi connectivity index (χ4n) is 1.39. The standard InChI is InChI=1S/C12H8BrClOS/c13-9-5-6-16-12(9)11(15)7-8-3-1-2-4-10(8)14/h1-6H,7H2. The summed E-state index contributed by atoms with van der Waals surface area (Å²) < 4.78 is 0.856. The van der Waals surface area contributed by atoms with Crippen molar-refractivity contribution < 1.29 is 4.79 Å². The van der Waals surface area contributed by atoms with Gasteiger partial charge in [-0.3, -0.25) is 4.79 Å². The van der Waals surface area contributed by atoms with Crippen molar-refractivity contribution in [2.45, 2.75) is 6.42 Å². The van der Waals surface area contributed by atoms with Gasteiger partial charge in [-0.05, 0) is 39.0 Å². The number of carbonyl (C=O) groups excluding carboxylic acids is 1. The highest BCUT2D eigenvalue weighted by atomic mass is 79.9. The predicted octanol–water partition coefficient (Wildman–Crippen LogP) is 4.59. The van der Waals surface area contributed by atoms with E-state index in [1.54, 1.807) is 6.07 Å². The van der Waals surface area contributed by atoms with Crippen LogP contribution in [-0.2, 0) is 6.42 Å². The van der Waals surface area contributed by atoms with Gasteiger partial charge in [0.2, 0.25) is 0 Å². The number of benzene rings is 1. The monoisotopic (exact) mass is 314 g/mol. The summed E-state index contributed by atoms with van der Waals surface area (Å²) in [6.07, 6.45) is 0.346. The van der Waals surface area contributed by atoms with E-state index in [0.29, 0.717) is 11.4 Å². The first kappa shape index (κ1) is 11.8. The minimum Gasteiger partial charge on any atom is -0.293 e. The SMILES string of the molecule is O=C(Cc1ccccc1Cl)c1sccc1Br. The Bertz CT molecular complexity index is 521. The Kier molecular flexibility index (Phi) is 3.79. The van der Waals surface area contributed by atoms with Gasteiger partial charge in [-0.2, -0.15) is 0 Å². The summed E-state index contributed by atoms with van der Waals surface area (Å²) in [7, 11) is 0. The molecule has 4 heteroatoms. The third-order valence-electron chi connectivity index (χ3n) is 2.18. The number of rotatable bonds is 3. The van der Waals surface area contributed by atoms with Gasteiger partial charge < -0.3 is 0 Å². The summed E-state index contributed by atoms with van der Waals surface area (Å²) in [5.74, 6) is 0.0926. The fourth-order valence-corrected chi connectivity index (χ4v) is 3.12. The number of hydrogen-bond acceptors (Lipinski definition) is 2. The summed E-state index contributed by atoms with van der Waals surface area (Å²) in [6.45, 7) is 0. The van der Waals surface area contributed by atoms with Crippen molar-refractivity contribution in [1.29, 1.82) is 0 Å². The molecule has 0 saturated heterocycles. The lowest BCUT2D eigenvalue weighted by Crippen LogP contribution is -2.02. The first-order chi connectivity index (χ1) is 7.68. The van der Waals surface area contributed by atoms with Crippen LogP contribution in [0.3, 0.4) is 0 Å². The second-order valence-electron chi connectivity index (χ2n) is 3.29. The maximum Gasteiger partial charge on any atom is 0.178 e. The third-order valence-corrected chi connectivity index (χ3v) is 4.43. The smallest absolute Gasteiger partial charge is 0.178 e. The number of carbonyl (C=O) groups is 1. The third kappa shape index (κ3) is 2.54. The largest absolute Gasteiger partial charge is 0.293 e. The molecule has 0 unspecified atom stereocenters. The number of halogens is 2. The van der Waals surface area contributed by atoms with Gasteiger partial charge in [0.1, 0.15) is 0 Å². The average molecular weight is 316 g/mol. The molecule has 1 nitrogen and oxygen atoms in total. The predicted molar refractivity (Wildman–Crippen MR) is 71.5 cm³/mol. The van der Waals surface area contributed by atoms with Crippen molar-refractivity contribution in [3.63, 3.8) is 0 Å². The maximum absolute atomic E-state index is 12.0. The highest BCUT2D eigenvalue weighted by Gasteiger charge is 2.13. The van der Waals surface area contributed by atoms with Crippen LogP contribution in [0.2, 0.25) is 5.02 Å². The second kappa shape index (κ2) is 5.13. The molecule has 2 rings (SSSR count). The topological polar surface area (TPSA) is 17.1 Å². The Hall–Kier alpha value is -0.640. The molecule has 0 atom stereocenters. The lowest BCUT2D eigenvalue weighted by molar-refractivity contribution is 0.0996. The summed E-state index contributed by atoms with van der Waals surface area (Å²) in [5.41, 5.74) is 0.870. The summed E-state index contributed by atoms with van der Waals surface area (Å²) in [6, 6.07) is 9.30. The van der Waals surface area contributed by atoms with Crippen molar-refractivity contribution in [1.82, 2.24) is 0 Å². The maximum atomic E-state index is 12.0. The Morgan fingerprint density at radius 1 is 1.31 bits per heavy atom. The van der Waals surface area contributed by atoms with Gasteiger partial charge in [0, 0.05) is 15.9 Å². The molecule has 82 valence electrons. The van der Waals surface area contributed by atoms with E-state index in [1.807, 2.05) is 29.6 Å². The van der Waals surface area contributed by atoms with E-state index in [-0.39, 0.29) is 5.78 Å². The molecule has 0 saturated carbocycles. The van der Waals surface area contributed by atoms with Gasteiger partial charge in [0.25, 0.3) is 0 Å². The van der Waals surface area contributed by atoms with Crippen LogP contribution in [0.15, 0.2) is 40.2 Å². The zero-order valence-electron chi connectivity index (χ0n) is 8.24. The molecule has 0 N–H and O–H groups in total. The van der Waals surface area contributed by atoms with Crippen LogP contribution < -0.4 is 0 Å². The molecule has 0 spiro atoms. The van der Waals surface area contributed by atoms with Crippen LogP contribution in [0, 0.1) is 0 Å². The number of ketones is 1. The van der Waals surface area contributed by atoms with Crippen molar-refractivity contribution >= 4 is 44.7 Å². The highest BCUT2D eigenvalue weighted by Crippen LogP contribution is 2.25. The summed E-state index contributed by atoms with van der Waals surface area (Å²) in [4.78, 5) is 12.7. The van der Waals surface area contributed by atoms with E-state index in [9.17, 15) is 4.79 Å². The second-order valence-corrected chi connectivity index (χ2v) is 5.47. The van der Waals surface area contributed by atoms with E-state index in [1.165, 1.54) is 11.3 Å². The van der Waals surface area contributed by atoms with E-state index in [4.69, 9.17) is 11.6 Å². The molecular formula is C12H8BrClOS. The van der Waals surface area contributed by atoms with Gasteiger partial charge in [-0.15, -0.1) is 11.3 Å². The van der Waals surface area contributed by atoms with Gasteiger partial charge >= 0.3 is 0 Å². The highest BCUT2D eigenvalue weighted by molar-refractivity contribution is 9.10. The van der Waals surface area contributed by atoms with Gasteiger partial charge in [0.05, 0.1) is 4.88 Å². The molecular weight excluding hydrogens is 308 g/mol. The van der Waals surface area contributed by atoms with E-state index in [0.717, 1.165) is 14.9 Å². The molecule has 0 bridgehead atoms. The Morgan fingerprint density at radius 3 is 2.69 bits per heavy atom. The molecule has 1 aromatic heterocycles.